The van der Waals surface area contributed by atoms with Gasteiger partial charge < -0.3 is 4.90 Å². The normalized spacial score (nSPS) is 10.1. The van der Waals surface area contributed by atoms with Gasteiger partial charge in [-0.05, 0) is 24.3 Å². The molecule has 0 aliphatic carbocycles. The zero-order valence-electron chi connectivity index (χ0n) is 13.0. The van der Waals surface area contributed by atoms with E-state index in [1.54, 1.807) is 0 Å². The molecule has 1 radical (unpaired) electrons. The summed E-state index contributed by atoms with van der Waals surface area (Å²) >= 11 is 0. The molecule has 0 saturated carbocycles. The number of hydrazine groups is 1. The molecule has 0 unspecified atom stereocenters. The minimum Gasteiger partial charge on any atom is -0.376 e. The van der Waals surface area contributed by atoms with Crippen LogP contribution < -0.4 is 9.91 Å². The third kappa shape index (κ3) is 3.76. The van der Waals surface area contributed by atoms with Crippen LogP contribution in [0.5, 0.6) is 0 Å². The van der Waals surface area contributed by atoms with Crippen LogP contribution in [0.2, 0.25) is 0 Å². The molecule has 2 aromatic carbocycles. The van der Waals surface area contributed by atoms with E-state index < -0.39 is 0 Å². The van der Waals surface area contributed by atoms with E-state index in [9.17, 15) is 0 Å². The van der Waals surface area contributed by atoms with Gasteiger partial charge in [0, 0.05) is 57.7 Å². The minimum atomic E-state index is 0. The van der Waals surface area contributed by atoms with Gasteiger partial charge in [0.1, 0.15) is 0 Å². The van der Waals surface area contributed by atoms with E-state index in [0.717, 1.165) is 5.69 Å². The molecule has 0 heterocycles. The summed E-state index contributed by atoms with van der Waals surface area (Å²) in [5, 5.41) is 4.30. The molecule has 0 saturated heterocycles. The summed E-state index contributed by atoms with van der Waals surface area (Å²) in [6.07, 6.45) is 0. The third-order valence-corrected chi connectivity index (χ3v) is 2.99. The second-order valence-corrected chi connectivity index (χ2v) is 4.88. The molecule has 0 aromatic heterocycles. The van der Waals surface area contributed by atoms with Crippen molar-refractivity contribution in [1.29, 1.82) is 0 Å². The van der Waals surface area contributed by atoms with Crippen molar-refractivity contribution in [1.82, 2.24) is 5.01 Å². The predicted octanol–water partition coefficient (Wildman–Crippen LogP) is 2.99. The maximum absolute atomic E-state index is 2.20. The Morgan fingerprint density at radius 1 is 0.650 bits per heavy atom. The van der Waals surface area contributed by atoms with E-state index in [1.807, 2.05) is 6.07 Å². The van der Waals surface area contributed by atoms with Gasteiger partial charge in [-0.3, -0.25) is 5.01 Å². The number of benzene rings is 2. The summed E-state index contributed by atoms with van der Waals surface area (Å²) < 4.78 is 0. The molecule has 20 heavy (non-hydrogen) atoms. The van der Waals surface area contributed by atoms with Crippen molar-refractivity contribution in [2.75, 3.05) is 38.1 Å². The first-order chi connectivity index (χ1) is 9.11. The van der Waals surface area contributed by atoms with E-state index in [4.69, 9.17) is 0 Å². The van der Waals surface area contributed by atoms with E-state index in [2.05, 4.69) is 91.6 Å². The molecule has 0 fully saturated rings. The van der Waals surface area contributed by atoms with Gasteiger partial charge in [-0.1, -0.05) is 30.3 Å². The second kappa shape index (κ2) is 7.70. The van der Waals surface area contributed by atoms with Crippen LogP contribution >= 0.6 is 0 Å². The average Bonchev–Trinajstić information content (AvgIpc) is 2.40. The molecular weight excluding hydrogens is 257 g/mol. The van der Waals surface area contributed by atoms with Gasteiger partial charge in [-0.2, -0.15) is 0 Å². The smallest absolute Gasteiger partial charge is 0.0813 e. The molecule has 0 aliphatic rings. The van der Waals surface area contributed by atoms with Crippen molar-refractivity contribution in [2.24, 2.45) is 0 Å². The van der Waals surface area contributed by atoms with Gasteiger partial charge in [0.25, 0.3) is 0 Å². The SMILES string of the molecule is CN(C)c1ccccc1N(c1ccccc1)N(C)C.[Na]. The molecular formula is C16H21N3Na. The van der Waals surface area contributed by atoms with E-state index in [-0.39, 0.29) is 29.6 Å². The number of hydrogen-bond acceptors (Lipinski definition) is 3. The summed E-state index contributed by atoms with van der Waals surface area (Å²) in [5.41, 5.74) is 3.52. The zero-order valence-corrected chi connectivity index (χ0v) is 15.0. The maximum atomic E-state index is 2.20. The van der Waals surface area contributed by atoms with Gasteiger partial charge >= 0.3 is 0 Å². The monoisotopic (exact) mass is 278 g/mol. The number of nitrogens with zero attached hydrogens (tertiary/aromatic N) is 3. The van der Waals surface area contributed by atoms with Crippen molar-refractivity contribution < 1.29 is 0 Å². The molecule has 101 valence electrons. The Balaban J connectivity index is 0.00000200. The van der Waals surface area contributed by atoms with Crippen LogP contribution in [0.25, 0.3) is 0 Å². The van der Waals surface area contributed by atoms with Gasteiger partial charge in [-0.25, -0.2) is 5.01 Å². The van der Waals surface area contributed by atoms with Crippen LogP contribution in [-0.4, -0.2) is 62.8 Å². The standard InChI is InChI=1S/C16H21N3.Na/c1-17(2)15-12-8-9-13-16(15)19(18(3)4)14-10-6-5-7-11-14;/h5-13H,1-4H3;. The summed E-state index contributed by atoms with van der Waals surface area (Å²) in [6.45, 7) is 0. The van der Waals surface area contributed by atoms with E-state index in [1.165, 1.54) is 11.4 Å². The van der Waals surface area contributed by atoms with Gasteiger partial charge in [0.2, 0.25) is 0 Å². The first-order valence-electron chi connectivity index (χ1n) is 6.40. The first kappa shape index (κ1) is 17.1. The molecule has 0 amide bonds. The van der Waals surface area contributed by atoms with Crippen LogP contribution in [0.1, 0.15) is 0 Å². The fraction of sp³-hybridized carbons (Fsp3) is 0.250. The van der Waals surface area contributed by atoms with Gasteiger partial charge in [0.15, 0.2) is 0 Å². The summed E-state index contributed by atoms with van der Waals surface area (Å²) in [4.78, 5) is 2.13. The molecule has 2 aromatic rings. The topological polar surface area (TPSA) is 9.72 Å². The Labute approximate surface area is 144 Å². The molecule has 0 spiro atoms. The van der Waals surface area contributed by atoms with E-state index >= 15 is 0 Å². The Morgan fingerprint density at radius 2 is 1.15 bits per heavy atom. The fourth-order valence-corrected chi connectivity index (χ4v) is 2.18. The van der Waals surface area contributed by atoms with Crippen LogP contribution in [-0.2, 0) is 0 Å². The zero-order chi connectivity index (χ0) is 13.8. The second-order valence-electron chi connectivity index (χ2n) is 4.88. The Bertz CT molecular complexity index is 526. The summed E-state index contributed by atoms with van der Waals surface area (Å²) in [7, 11) is 8.24. The number of para-hydroxylation sites is 3. The minimum absolute atomic E-state index is 0. The van der Waals surface area contributed by atoms with Crippen molar-refractivity contribution in [3.8, 4) is 0 Å². The van der Waals surface area contributed by atoms with Crippen molar-refractivity contribution in [3.05, 3.63) is 54.6 Å². The third-order valence-electron chi connectivity index (χ3n) is 2.99. The fourth-order valence-electron chi connectivity index (χ4n) is 2.18. The summed E-state index contributed by atoms with van der Waals surface area (Å²) in [5.74, 6) is 0. The van der Waals surface area contributed by atoms with Crippen molar-refractivity contribution in [3.63, 3.8) is 0 Å². The molecule has 4 heteroatoms. The van der Waals surface area contributed by atoms with Gasteiger partial charge in [0.05, 0.1) is 17.1 Å². The Hall–Kier alpha value is -1.000. The van der Waals surface area contributed by atoms with Crippen LogP contribution in [0, 0.1) is 0 Å². The van der Waals surface area contributed by atoms with Crippen LogP contribution in [0.15, 0.2) is 54.6 Å². The molecule has 0 N–H and O–H groups in total. The van der Waals surface area contributed by atoms with E-state index in [0.29, 0.717) is 0 Å². The number of hydrogen-bond donors (Lipinski definition) is 0. The number of anilines is 3. The molecule has 3 nitrogen and oxygen atoms in total. The van der Waals surface area contributed by atoms with Crippen LogP contribution in [0.3, 0.4) is 0 Å². The van der Waals surface area contributed by atoms with Crippen molar-refractivity contribution in [2.45, 2.75) is 0 Å². The molecule has 2 rings (SSSR count). The average molecular weight is 278 g/mol. The quantitative estimate of drug-likeness (QED) is 0.629. The van der Waals surface area contributed by atoms with Gasteiger partial charge in [-0.15, -0.1) is 0 Å². The van der Waals surface area contributed by atoms with Crippen molar-refractivity contribution >= 4 is 46.6 Å². The first-order valence-corrected chi connectivity index (χ1v) is 6.40. The largest absolute Gasteiger partial charge is 0.376 e. The molecule has 0 atom stereocenters. The molecule has 0 aliphatic heterocycles. The Kier molecular flexibility index (Phi) is 6.56. The summed E-state index contributed by atoms with van der Waals surface area (Å²) in [6, 6.07) is 18.8. The molecule has 0 bridgehead atoms. The maximum Gasteiger partial charge on any atom is 0.0813 e. The predicted molar refractivity (Wildman–Crippen MR) is 88.8 cm³/mol. The van der Waals surface area contributed by atoms with Crippen LogP contribution in [0.4, 0.5) is 17.1 Å². The number of rotatable bonds is 4. The Morgan fingerprint density at radius 3 is 1.65 bits per heavy atom.